The maximum atomic E-state index is 12.7. The molecule has 2 aliphatic rings. The van der Waals surface area contributed by atoms with Crippen LogP contribution >= 0.6 is 0 Å². The third-order valence-electron chi connectivity index (χ3n) is 5.50. The second kappa shape index (κ2) is 5.85. The van der Waals surface area contributed by atoms with Crippen LogP contribution in [0.15, 0.2) is 0 Å². The van der Waals surface area contributed by atoms with E-state index in [0.717, 1.165) is 6.54 Å². The summed E-state index contributed by atoms with van der Waals surface area (Å²) in [6.45, 7) is 10.2. The van der Waals surface area contributed by atoms with E-state index in [4.69, 9.17) is 0 Å². The van der Waals surface area contributed by atoms with Crippen LogP contribution in [-0.4, -0.2) is 52.6 Å². The molecule has 5 nitrogen and oxygen atoms in total. The number of carboxylic acids is 1. The van der Waals surface area contributed by atoms with Crippen molar-refractivity contribution in [3.8, 4) is 0 Å². The van der Waals surface area contributed by atoms with Crippen molar-refractivity contribution in [1.29, 1.82) is 0 Å². The van der Waals surface area contributed by atoms with E-state index in [1.807, 2.05) is 9.80 Å². The van der Waals surface area contributed by atoms with Crippen molar-refractivity contribution in [2.75, 3.05) is 19.6 Å². The maximum absolute atomic E-state index is 12.7. The zero-order chi connectivity index (χ0) is 15.8. The molecule has 5 heteroatoms. The van der Waals surface area contributed by atoms with Crippen LogP contribution in [0.1, 0.15) is 47.0 Å². The monoisotopic (exact) mass is 296 g/mol. The van der Waals surface area contributed by atoms with Crippen molar-refractivity contribution in [2.45, 2.75) is 53.0 Å². The molecule has 0 radical (unpaired) electrons. The summed E-state index contributed by atoms with van der Waals surface area (Å²) < 4.78 is 0. The predicted octanol–water partition coefficient (Wildman–Crippen LogP) is 2.66. The van der Waals surface area contributed by atoms with Gasteiger partial charge in [0.15, 0.2) is 0 Å². The van der Waals surface area contributed by atoms with Gasteiger partial charge in [0.1, 0.15) is 0 Å². The molecular formula is C16H28N2O3. The summed E-state index contributed by atoms with van der Waals surface area (Å²) in [5, 5.41) is 9.27. The zero-order valence-corrected chi connectivity index (χ0v) is 13.6. The van der Waals surface area contributed by atoms with E-state index < -0.39 is 11.4 Å². The number of nitrogens with zero attached hydrogens (tertiary/aromatic N) is 2. The average molecular weight is 296 g/mol. The summed E-state index contributed by atoms with van der Waals surface area (Å²) in [6.07, 6.45) is 2.25. The molecule has 0 aromatic carbocycles. The average Bonchev–Trinajstić information content (AvgIpc) is 2.42. The molecule has 120 valence electrons. The minimum Gasteiger partial charge on any atom is -0.481 e. The molecule has 3 unspecified atom stereocenters. The molecule has 2 fully saturated rings. The second-order valence-corrected chi connectivity index (χ2v) is 7.35. The van der Waals surface area contributed by atoms with Crippen LogP contribution in [0, 0.1) is 17.3 Å². The molecule has 3 atom stereocenters. The fourth-order valence-corrected chi connectivity index (χ4v) is 3.55. The van der Waals surface area contributed by atoms with Crippen LogP contribution in [0.3, 0.4) is 0 Å². The lowest BCUT2D eigenvalue weighted by Crippen LogP contribution is -2.56. The minimum absolute atomic E-state index is 0.0911. The number of carboxylic acid groups (broad SMARTS) is 1. The van der Waals surface area contributed by atoms with Crippen molar-refractivity contribution in [1.82, 2.24) is 9.80 Å². The van der Waals surface area contributed by atoms with Crippen LogP contribution in [0.5, 0.6) is 0 Å². The minimum atomic E-state index is -0.747. The first-order valence-electron chi connectivity index (χ1n) is 8.03. The van der Waals surface area contributed by atoms with E-state index in [0.29, 0.717) is 37.8 Å². The zero-order valence-electron chi connectivity index (χ0n) is 13.6. The molecule has 21 heavy (non-hydrogen) atoms. The first-order valence-corrected chi connectivity index (χ1v) is 8.03. The first-order chi connectivity index (χ1) is 9.74. The van der Waals surface area contributed by atoms with Gasteiger partial charge in [-0.05, 0) is 44.9 Å². The molecule has 0 bridgehead atoms. The second-order valence-electron chi connectivity index (χ2n) is 7.35. The van der Waals surface area contributed by atoms with Gasteiger partial charge >= 0.3 is 12.0 Å². The van der Waals surface area contributed by atoms with E-state index in [2.05, 4.69) is 20.8 Å². The Bertz CT molecular complexity index is 416. The fourth-order valence-electron chi connectivity index (χ4n) is 3.55. The Morgan fingerprint density at radius 2 is 1.71 bits per heavy atom. The van der Waals surface area contributed by atoms with Crippen molar-refractivity contribution in [2.24, 2.45) is 17.3 Å². The molecule has 2 heterocycles. The number of aliphatic carboxylic acids is 1. The molecule has 0 spiro atoms. The number of rotatable bonds is 1. The number of carbonyl (C=O) groups is 2. The van der Waals surface area contributed by atoms with Gasteiger partial charge in [-0.3, -0.25) is 4.79 Å². The Kier molecular flexibility index (Phi) is 4.49. The number of likely N-dealkylation sites (tertiary alicyclic amines) is 2. The lowest BCUT2D eigenvalue weighted by Gasteiger charge is -2.45. The molecule has 0 aliphatic carbocycles. The summed E-state index contributed by atoms with van der Waals surface area (Å²) >= 11 is 0. The van der Waals surface area contributed by atoms with Crippen LogP contribution in [0.2, 0.25) is 0 Å². The van der Waals surface area contributed by atoms with E-state index in [1.165, 1.54) is 6.42 Å². The molecule has 2 amide bonds. The van der Waals surface area contributed by atoms with Gasteiger partial charge in [-0.15, -0.1) is 0 Å². The van der Waals surface area contributed by atoms with Gasteiger partial charge in [-0.2, -0.15) is 0 Å². The van der Waals surface area contributed by atoms with E-state index in [1.54, 1.807) is 6.92 Å². The molecule has 2 rings (SSSR count). The number of amides is 2. The maximum Gasteiger partial charge on any atom is 0.320 e. The SMILES string of the molecule is CC1CC(C)C(C)N(C(=O)N2CCC(C)(C(=O)O)CC2)C1. The highest BCUT2D eigenvalue weighted by atomic mass is 16.4. The summed E-state index contributed by atoms with van der Waals surface area (Å²) in [5.41, 5.74) is -0.676. The highest BCUT2D eigenvalue weighted by Gasteiger charge is 2.40. The lowest BCUT2D eigenvalue weighted by molar-refractivity contribution is -0.150. The molecular weight excluding hydrogens is 268 g/mol. The molecule has 1 N–H and O–H groups in total. The van der Waals surface area contributed by atoms with Gasteiger partial charge in [0.05, 0.1) is 5.41 Å². The van der Waals surface area contributed by atoms with Crippen molar-refractivity contribution >= 4 is 12.0 Å². The van der Waals surface area contributed by atoms with Gasteiger partial charge in [0.2, 0.25) is 0 Å². The van der Waals surface area contributed by atoms with Gasteiger partial charge < -0.3 is 14.9 Å². The quantitative estimate of drug-likeness (QED) is 0.809. The van der Waals surface area contributed by atoms with Gasteiger partial charge in [0.25, 0.3) is 0 Å². The Morgan fingerprint density at radius 3 is 2.24 bits per heavy atom. The first kappa shape index (κ1) is 16.1. The number of urea groups is 1. The summed E-state index contributed by atoms with van der Waals surface area (Å²) in [7, 11) is 0. The van der Waals surface area contributed by atoms with Gasteiger partial charge in [-0.25, -0.2) is 4.79 Å². The Morgan fingerprint density at radius 1 is 1.14 bits per heavy atom. The molecule has 2 saturated heterocycles. The number of hydrogen-bond donors (Lipinski definition) is 1. The van der Waals surface area contributed by atoms with Gasteiger partial charge in [0, 0.05) is 25.7 Å². The fraction of sp³-hybridized carbons (Fsp3) is 0.875. The van der Waals surface area contributed by atoms with Gasteiger partial charge in [-0.1, -0.05) is 13.8 Å². The van der Waals surface area contributed by atoms with Crippen molar-refractivity contribution in [3.05, 3.63) is 0 Å². The Labute approximate surface area is 127 Å². The third kappa shape index (κ3) is 3.16. The third-order valence-corrected chi connectivity index (χ3v) is 5.50. The topological polar surface area (TPSA) is 60.9 Å². The molecule has 0 aromatic rings. The normalized spacial score (nSPS) is 32.9. The number of hydrogen-bond acceptors (Lipinski definition) is 2. The summed E-state index contributed by atoms with van der Waals surface area (Å²) in [4.78, 5) is 27.8. The van der Waals surface area contributed by atoms with Crippen molar-refractivity contribution < 1.29 is 14.7 Å². The number of carbonyl (C=O) groups excluding carboxylic acids is 1. The van der Waals surface area contributed by atoms with Crippen LogP contribution in [0.4, 0.5) is 4.79 Å². The summed E-state index contributed by atoms with van der Waals surface area (Å²) in [6, 6.07) is 0.356. The van der Waals surface area contributed by atoms with Crippen molar-refractivity contribution in [3.63, 3.8) is 0 Å². The van der Waals surface area contributed by atoms with Crippen LogP contribution < -0.4 is 0 Å². The van der Waals surface area contributed by atoms with E-state index in [9.17, 15) is 14.7 Å². The summed E-state index contributed by atoms with van der Waals surface area (Å²) in [5.74, 6) is 0.309. The van der Waals surface area contributed by atoms with E-state index in [-0.39, 0.29) is 12.1 Å². The highest BCUT2D eigenvalue weighted by Crippen LogP contribution is 2.33. The van der Waals surface area contributed by atoms with Crippen LogP contribution in [-0.2, 0) is 4.79 Å². The smallest absolute Gasteiger partial charge is 0.320 e. The molecule has 0 saturated carbocycles. The predicted molar refractivity (Wildman–Crippen MR) is 81.1 cm³/mol. The standard InChI is InChI=1S/C16H28N2O3/c1-11-9-12(2)13(3)18(10-11)15(21)17-7-5-16(4,6-8-17)14(19)20/h11-13H,5-10H2,1-4H3,(H,19,20). The largest absolute Gasteiger partial charge is 0.481 e. The lowest BCUT2D eigenvalue weighted by atomic mass is 9.80. The van der Waals surface area contributed by atoms with Crippen LogP contribution in [0.25, 0.3) is 0 Å². The molecule has 0 aromatic heterocycles. The number of piperidine rings is 2. The van der Waals surface area contributed by atoms with E-state index >= 15 is 0 Å². The molecule has 2 aliphatic heterocycles. The highest BCUT2D eigenvalue weighted by molar-refractivity contribution is 5.77. The Hall–Kier alpha value is -1.26. The Balaban J connectivity index is 2.00.